The highest BCUT2D eigenvalue weighted by Crippen LogP contribution is 2.50. The van der Waals surface area contributed by atoms with Crippen LogP contribution in [-0.2, 0) is 35.6 Å². The smallest absolute Gasteiger partial charge is 0.251 e. The molecule has 524 valence electrons. The summed E-state index contributed by atoms with van der Waals surface area (Å²) in [6.45, 7) is 42.9. The molecule has 0 bridgehead atoms. The lowest BCUT2D eigenvalue weighted by atomic mass is 9.70. The summed E-state index contributed by atoms with van der Waals surface area (Å²) in [4.78, 5) is 53.2. The summed E-state index contributed by atoms with van der Waals surface area (Å²) in [7, 11) is 0. The Morgan fingerprint density at radius 1 is 0.882 bits per heavy atom. The quantitative estimate of drug-likeness (QED) is 0.0605. The van der Waals surface area contributed by atoms with Crippen molar-refractivity contribution in [1.29, 1.82) is 0 Å². The van der Waals surface area contributed by atoms with Gasteiger partial charge in [0.2, 0.25) is 5.91 Å². The zero-order valence-corrected chi connectivity index (χ0v) is 60.9. The summed E-state index contributed by atoms with van der Waals surface area (Å²) in [5, 5.41) is 7.55. The summed E-state index contributed by atoms with van der Waals surface area (Å²) >= 11 is 6.88. The van der Waals surface area contributed by atoms with Crippen molar-refractivity contribution in [1.82, 2.24) is 30.3 Å². The fourth-order valence-corrected chi connectivity index (χ4v) is 18.0. The Morgan fingerprint density at radius 3 is 2.33 bits per heavy atom. The number of Topliss-reactive ketones (excluding diaryl/α,β-unsaturated/α-hetero) is 1. The van der Waals surface area contributed by atoms with Crippen LogP contribution in [0, 0.1) is 52.8 Å². The molecular formula is C78H127ClFN7O6. The molecule has 5 fully saturated rings. The van der Waals surface area contributed by atoms with Gasteiger partial charge in [-0.05, 0) is 194 Å². The number of nitrogens with zero attached hydrogens (tertiary/aromatic N) is 4. The first-order valence-corrected chi connectivity index (χ1v) is 38.1. The number of allylic oxidation sites excluding steroid dienone is 3. The molecule has 6 heterocycles. The number of aromatic amines is 1. The Labute approximate surface area is 567 Å². The number of alkyl halides is 2. The molecule has 8 unspecified atom stereocenters. The normalized spacial score (nSPS) is 31.8. The number of carbonyl (C=O) groups is 2. The van der Waals surface area contributed by atoms with E-state index in [0.717, 1.165) is 170 Å². The van der Waals surface area contributed by atoms with Gasteiger partial charge in [0.15, 0.2) is 5.78 Å². The van der Waals surface area contributed by atoms with Crippen molar-refractivity contribution in [2.45, 2.75) is 265 Å². The molecule has 11 atom stereocenters. The monoisotopic (exact) mass is 1310 g/mol. The topological polar surface area (TPSA) is 132 Å². The Kier molecular flexibility index (Phi) is 27.1. The maximum absolute atomic E-state index is 14.0. The molecule has 1 aromatic heterocycles. The molecular weight excluding hydrogens is 1190 g/mol. The number of H-pyrrole nitrogens is 1. The first kappa shape index (κ1) is 74.0. The van der Waals surface area contributed by atoms with Crippen molar-refractivity contribution >= 4 is 29.0 Å². The van der Waals surface area contributed by atoms with E-state index in [-0.39, 0.29) is 63.9 Å². The summed E-state index contributed by atoms with van der Waals surface area (Å²) in [5.41, 5.74) is 8.38. The van der Waals surface area contributed by atoms with Crippen LogP contribution in [0.4, 0.5) is 10.1 Å². The molecule has 10 rings (SSSR count). The molecule has 2 saturated heterocycles. The van der Waals surface area contributed by atoms with Gasteiger partial charge >= 0.3 is 0 Å². The van der Waals surface area contributed by atoms with E-state index in [1.54, 1.807) is 0 Å². The molecule has 1 amide bonds. The first-order chi connectivity index (χ1) is 44.4. The van der Waals surface area contributed by atoms with Gasteiger partial charge in [0.25, 0.3) is 5.56 Å². The van der Waals surface area contributed by atoms with E-state index in [9.17, 15) is 18.8 Å². The van der Waals surface area contributed by atoms with Crippen LogP contribution in [0.25, 0.3) is 0 Å². The van der Waals surface area contributed by atoms with Crippen LogP contribution in [0.1, 0.15) is 223 Å². The number of pyridine rings is 1. The van der Waals surface area contributed by atoms with Crippen molar-refractivity contribution in [2.24, 2.45) is 52.8 Å². The molecule has 1 aromatic rings. The van der Waals surface area contributed by atoms with E-state index >= 15 is 0 Å². The average Bonchev–Trinajstić information content (AvgIpc) is 1.61. The highest BCUT2D eigenvalue weighted by Gasteiger charge is 2.47. The van der Waals surface area contributed by atoms with Gasteiger partial charge in [0.1, 0.15) is 6.17 Å². The van der Waals surface area contributed by atoms with Crippen molar-refractivity contribution in [3.05, 3.63) is 74.5 Å². The van der Waals surface area contributed by atoms with Crippen LogP contribution in [-0.4, -0.2) is 159 Å². The second kappa shape index (κ2) is 34.0. The fourth-order valence-electron chi connectivity index (χ4n) is 17.7. The molecule has 15 heteroatoms. The molecule has 3 saturated carbocycles. The number of fused-ring (bicyclic) bond motifs is 1. The second-order valence-corrected chi connectivity index (χ2v) is 33.0. The minimum Gasteiger partial charge on any atom is -0.375 e. The highest BCUT2D eigenvalue weighted by atomic mass is 35.5. The van der Waals surface area contributed by atoms with Gasteiger partial charge in [-0.15, -0.1) is 11.6 Å². The molecule has 13 nitrogen and oxygen atoms in total. The Hall–Kier alpha value is -3.21. The number of ether oxygens (including phenoxy) is 3. The largest absolute Gasteiger partial charge is 0.375 e. The molecule has 0 aromatic carbocycles. The van der Waals surface area contributed by atoms with Crippen molar-refractivity contribution in [3.8, 4) is 0 Å². The lowest BCUT2D eigenvalue weighted by Crippen LogP contribution is -2.48. The number of hydrogen-bond donors (Lipinski definition) is 3. The van der Waals surface area contributed by atoms with Gasteiger partial charge in [-0.3, -0.25) is 24.2 Å². The standard InChI is InChI=1S/C54H90ClFN6O5.C24H37NO/c1-8-39(24-51(63)62-35-54(6,7)52-49(62)25-43(53(64)59-52)23-40-12-14-45(56)15-13-40)21-37(4)57-27-36(3)29-61-19-20-65-47(32-61)34-66-46-16-17-48(55)50(26-46)67-33-41-11-10-18-60(30-41)31-44-28-58-38(5)22-42(44)9-2;1-7-17(4)25-15-24(5,6)22-20(8-2)23(26)19(14-21(22)25)13-18-11-9-16(3)10-12-18/h11,25,36-40,42,44-48,50,57-58H,8-10,12-24,26-35H2,1-7H3,(H,59,64);14,16,18,20H,4,7-13,15H2,1-3,5-6H3/t36?,37-,38-,39?,40?,42?,44?,45?,46?,47+,48?,50?;/m1./s1. The number of halogens is 2. The van der Waals surface area contributed by atoms with Gasteiger partial charge in [-0.2, -0.15) is 0 Å². The minimum atomic E-state index is -0.719. The summed E-state index contributed by atoms with van der Waals surface area (Å²) in [5.74, 6) is 4.71. The Balaban J connectivity index is 0.000000326. The third-order valence-electron chi connectivity index (χ3n) is 23.6. The molecule has 9 aliphatic rings. The number of anilines is 1. The highest BCUT2D eigenvalue weighted by molar-refractivity contribution is 6.21. The minimum absolute atomic E-state index is 0.0000977. The van der Waals surface area contributed by atoms with E-state index in [2.05, 4.69) is 132 Å². The Bertz CT molecular complexity index is 2780. The zero-order valence-electron chi connectivity index (χ0n) is 60.1. The van der Waals surface area contributed by atoms with Gasteiger partial charge in [-0.1, -0.05) is 108 Å². The number of amides is 1. The number of ketones is 1. The third kappa shape index (κ3) is 19.8. The Morgan fingerprint density at radius 2 is 1.61 bits per heavy atom. The predicted octanol–water partition coefficient (Wildman–Crippen LogP) is 14.7. The van der Waals surface area contributed by atoms with E-state index in [0.29, 0.717) is 75.0 Å². The predicted molar refractivity (Wildman–Crippen MR) is 380 cm³/mol. The van der Waals surface area contributed by atoms with Crippen molar-refractivity contribution < 1.29 is 28.2 Å². The first-order valence-electron chi connectivity index (χ1n) is 37.7. The molecule has 5 aliphatic heterocycles. The number of rotatable bonds is 26. The summed E-state index contributed by atoms with van der Waals surface area (Å²) in [6.07, 6.45) is 24.3. The van der Waals surface area contributed by atoms with E-state index < -0.39 is 6.17 Å². The van der Waals surface area contributed by atoms with Crippen LogP contribution >= 0.6 is 11.6 Å². The number of hydrogen-bond acceptors (Lipinski definition) is 11. The van der Waals surface area contributed by atoms with Crippen LogP contribution in [0.15, 0.2) is 57.7 Å². The number of carbonyl (C=O) groups excluding carboxylic acids is 2. The average molecular weight is 1310 g/mol. The van der Waals surface area contributed by atoms with E-state index in [4.69, 9.17) is 25.8 Å². The summed E-state index contributed by atoms with van der Waals surface area (Å²) < 4.78 is 33.2. The maximum atomic E-state index is 14.0. The van der Waals surface area contributed by atoms with Crippen LogP contribution < -0.4 is 21.1 Å². The number of nitrogens with one attached hydrogen (secondary N) is 3. The van der Waals surface area contributed by atoms with Gasteiger partial charge in [0.05, 0.1) is 49.2 Å². The third-order valence-corrected chi connectivity index (χ3v) is 24.1. The van der Waals surface area contributed by atoms with Crippen LogP contribution in [0.3, 0.4) is 0 Å². The lowest BCUT2D eigenvalue weighted by Gasteiger charge is -2.39. The van der Waals surface area contributed by atoms with Gasteiger partial charge < -0.3 is 39.6 Å². The maximum Gasteiger partial charge on any atom is 0.251 e. The van der Waals surface area contributed by atoms with Crippen molar-refractivity contribution in [2.75, 3.05) is 90.2 Å². The van der Waals surface area contributed by atoms with Crippen LogP contribution in [0.2, 0.25) is 0 Å². The molecule has 0 spiro atoms. The van der Waals surface area contributed by atoms with E-state index in [1.807, 2.05) is 11.0 Å². The molecule has 0 radical (unpaired) electrons. The number of piperidine rings is 1. The number of aromatic nitrogens is 1. The lowest BCUT2D eigenvalue weighted by molar-refractivity contribution is -0.120. The second-order valence-electron chi connectivity index (χ2n) is 32.5. The molecule has 93 heavy (non-hydrogen) atoms. The number of morpholine rings is 1. The van der Waals surface area contributed by atoms with Gasteiger partial charge in [-0.25, -0.2) is 4.39 Å². The fraction of sp³-hybridized carbons (Fsp3) is 0.808. The molecule has 4 aliphatic carbocycles. The molecule has 3 N–H and O–H groups in total. The van der Waals surface area contributed by atoms with E-state index in [1.165, 1.54) is 67.6 Å². The van der Waals surface area contributed by atoms with Crippen LogP contribution in [0.5, 0.6) is 0 Å². The van der Waals surface area contributed by atoms with Gasteiger partial charge in [0, 0.05) is 117 Å². The SMILES string of the molecule is C=C(CC)N1CC(C)(C)C2=C1C=C(CC1CCC(C)CC1)C(=O)C2CC.CCC(CC(=O)N1CC(C)(C)c2[nH]c(=O)c(CC3CCC(F)CC3)cc21)C[C@@H](C)NCC(C)CN1CCO[C@H](COC2CCC(Cl)C(OCC3=CCCN(CC4CN[C@H](C)CC4CC)C3)C2)C1. The zero-order chi connectivity index (χ0) is 66.7. The van der Waals surface area contributed by atoms with Crippen molar-refractivity contribution in [3.63, 3.8) is 0 Å². The summed E-state index contributed by atoms with van der Waals surface area (Å²) in [6, 6.07) is 2.88.